The van der Waals surface area contributed by atoms with Crippen LogP contribution in [0.25, 0.3) is 11.1 Å². The molecule has 2 rings (SSSR count). The van der Waals surface area contributed by atoms with Crippen molar-refractivity contribution >= 4 is 11.1 Å². The molecule has 0 spiro atoms. The third-order valence-corrected chi connectivity index (χ3v) is 3.61. The van der Waals surface area contributed by atoms with Crippen LogP contribution in [0.4, 0.5) is 0 Å². The number of nitrogens with zero attached hydrogens (tertiary/aromatic N) is 1. The van der Waals surface area contributed by atoms with Crippen LogP contribution < -0.4 is 11.5 Å². The van der Waals surface area contributed by atoms with Crippen LogP contribution in [-0.4, -0.2) is 11.1 Å². The lowest BCUT2D eigenvalue weighted by Crippen LogP contribution is -2.23. The van der Waals surface area contributed by atoms with Crippen molar-refractivity contribution in [2.24, 2.45) is 11.1 Å². The molecule has 0 fully saturated rings. The second kappa shape index (κ2) is 5.61. The highest BCUT2D eigenvalue weighted by atomic mass is 16.4. The van der Waals surface area contributed by atoms with Gasteiger partial charge in [-0.15, -0.1) is 0 Å². The Labute approximate surface area is 113 Å². The molecule has 0 unspecified atom stereocenters. The first-order chi connectivity index (χ1) is 9.03. The van der Waals surface area contributed by atoms with Crippen molar-refractivity contribution in [2.45, 2.75) is 39.7 Å². The summed E-state index contributed by atoms with van der Waals surface area (Å²) in [5, 5.41) is 0. The second-order valence-corrected chi connectivity index (χ2v) is 5.81. The van der Waals surface area contributed by atoms with Gasteiger partial charge in [-0.3, -0.25) is 4.57 Å². The van der Waals surface area contributed by atoms with Crippen LogP contribution in [0, 0.1) is 5.41 Å². The fourth-order valence-electron chi connectivity index (χ4n) is 2.20. The maximum Gasteiger partial charge on any atom is 0.419 e. The summed E-state index contributed by atoms with van der Waals surface area (Å²) in [6, 6.07) is 7.54. The first-order valence-electron chi connectivity index (χ1n) is 6.82. The minimum atomic E-state index is -0.265. The largest absolute Gasteiger partial charge is 0.419 e. The van der Waals surface area contributed by atoms with Crippen molar-refractivity contribution in [3.05, 3.63) is 34.8 Å². The van der Waals surface area contributed by atoms with Gasteiger partial charge in [-0.2, -0.15) is 0 Å². The highest BCUT2D eigenvalue weighted by molar-refractivity contribution is 5.72. The van der Waals surface area contributed by atoms with Crippen LogP contribution in [-0.2, 0) is 6.54 Å². The molecule has 0 saturated carbocycles. The Hall–Kier alpha value is -1.55. The third-order valence-electron chi connectivity index (χ3n) is 3.61. The minimum Gasteiger partial charge on any atom is -0.408 e. The maximum absolute atomic E-state index is 11.8. The van der Waals surface area contributed by atoms with Crippen molar-refractivity contribution in [2.75, 3.05) is 6.54 Å². The Morgan fingerprint density at radius 2 is 2.00 bits per heavy atom. The predicted molar refractivity (Wildman–Crippen MR) is 77.2 cm³/mol. The van der Waals surface area contributed by atoms with Gasteiger partial charge >= 0.3 is 5.76 Å². The number of fused-ring (bicyclic) bond motifs is 1. The number of para-hydroxylation sites is 2. The fraction of sp³-hybridized carbons (Fsp3) is 0.533. The number of aryl methyl sites for hydroxylation is 1. The molecule has 1 aromatic carbocycles. The maximum atomic E-state index is 11.8. The smallest absolute Gasteiger partial charge is 0.408 e. The monoisotopic (exact) mass is 262 g/mol. The van der Waals surface area contributed by atoms with E-state index in [0.717, 1.165) is 24.8 Å². The molecule has 0 amide bonds. The number of hydrogen-bond acceptors (Lipinski definition) is 3. The highest BCUT2D eigenvalue weighted by Gasteiger charge is 2.15. The summed E-state index contributed by atoms with van der Waals surface area (Å²) in [7, 11) is 0. The second-order valence-electron chi connectivity index (χ2n) is 5.81. The van der Waals surface area contributed by atoms with Crippen molar-refractivity contribution in [3.8, 4) is 0 Å². The van der Waals surface area contributed by atoms with Gasteiger partial charge in [0.05, 0.1) is 5.52 Å². The number of hydrogen-bond donors (Lipinski definition) is 1. The number of nitrogens with two attached hydrogens (primary N) is 1. The van der Waals surface area contributed by atoms with Gasteiger partial charge in [-0.25, -0.2) is 4.79 Å². The van der Waals surface area contributed by atoms with Crippen LogP contribution in [0.3, 0.4) is 0 Å². The normalized spacial score (nSPS) is 12.2. The van der Waals surface area contributed by atoms with Crippen LogP contribution in [0.1, 0.15) is 33.1 Å². The topological polar surface area (TPSA) is 61.2 Å². The van der Waals surface area contributed by atoms with E-state index in [4.69, 9.17) is 10.2 Å². The summed E-state index contributed by atoms with van der Waals surface area (Å²) in [6.07, 6.45) is 3.11. The van der Waals surface area contributed by atoms with E-state index in [1.54, 1.807) is 4.57 Å². The number of benzene rings is 1. The zero-order chi connectivity index (χ0) is 13.9. The Morgan fingerprint density at radius 3 is 2.74 bits per heavy atom. The lowest BCUT2D eigenvalue weighted by Gasteiger charge is -2.21. The molecule has 4 heteroatoms. The number of aromatic nitrogens is 1. The van der Waals surface area contributed by atoms with E-state index in [-0.39, 0.29) is 11.2 Å². The van der Waals surface area contributed by atoms with Crippen molar-refractivity contribution in [1.29, 1.82) is 0 Å². The van der Waals surface area contributed by atoms with Gasteiger partial charge in [0.1, 0.15) is 0 Å². The van der Waals surface area contributed by atoms with E-state index in [1.807, 2.05) is 24.3 Å². The molecular weight excluding hydrogens is 240 g/mol. The summed E-state index contributed by atoms with van der Waals surface area (Å²) in [6.45, 7) is 5.75. The molecule has 0 aliphatic carbocycles. The van der Waals surface area contributed by atoms with Crippen LogP contribution in [0.5, 0.6) is 0 Å². The SMILES string of the molecule is CC(C)(CN)CCCCn1c(=O)oc2ccccc21. The van der Waals surface area contributed by atoms with Gasteiger partial charge in [0.2, 0.25) is 0 Å². The molecule has 1 aromatic heterocycles. The van der Waals surface area contributed by atoms with Crippen molar-refractivity contribution in [1.82, 2.24) is 4.57 Å². The quantitative estimate of drug-likeness (QED) is 0.814. The molecular formula is C15H22N2O2. The molecule has 4 nitrogen and oxygen atoms in total. The molecule has 104 valence electrons. The number of rotatable bonds is 6. The van der Waals surface area contributed by atoms with Gasteiger partial charge in [-0.1, -0.05) is 32.4 Å². The molecule has 0 radical (unpaired) electrons. The van der Waals surface area contributed by atoms with Crippen LogP contribution >= 0.6 is 0 Å². The Bertz CT molecular complexity index is 595. The standard InChI is InChI=1S/C15H22N2O2/c1-15(2,11-16)9-5-6-10-17-12-7-3-4-8-13(12)19-14(17)18/h3-4,7-8H,5-6,9-11,16H2,1-2H3. The number of unbranched alkanes of at least 4 members (excludes halogenated alkanes) is 1. The first-order valence-corrected chi connectivity index (χ1v) is 6.82. The lowest BCUT2D eigenvalue weighted by molar-refractivity contribution is 0.328. The lowest BCUT2D eigenvalue weighted by atomic mass is 9.87. The summed E-state index contributed by atoms with van der Waals surface area (Å²) >= 11 is 0. The predicted octanol–water partition coefficient (Wildman–Crippen LogP) is 2.75. The summed E-state index contributed by atoms with van der Waals surface area (Å²) < 4.78 is 6.92. The van der Waals surface area contributed by atoms with Crippen LogP contribution in [0.2, 0.25) is 0 Å². The average molecular weight is 262 g/mol. The average Bonchev–Trinajstić information content (AvgIpc) is 2.71. The third kappa shape index (κ3) is 3.26. The fourth-order valence-corrected chi connectivity index (χ4v) is 2.20. The van der Waals surface area contributed by atoms with E-state index < -0.39 is 0 Å². The van der Waals surface area contributed by atoms with Gasteiger partial charge in [0, 0.05) is 6.54 Å². The van der Waals surface area contributed by atoms with E-state index in [0.29, 0.717) is 18.7 Å². The molecule has 1 heterocycles. The molecule has 2 N–H and O–H groups in total. The van der Waals surface area contributed by atoms with Crippen LogP contribution in [0.15, 0.2) is 33.5 Å². The van der Waals surface area contributed by atoms with Gasteiger partial charge in [0.15, 0.2) is 5.58 Å². The van der Waals surface area contributed by atoms with Crippen molar-refractivity contribution < 1.29 is 4.42 Å². The molecule has 0 saturated heterocycles. The molecule has 0 aliphatic rings. The Morgan fingerprint density at radius 1 is 1.26 bits per heavy atom. The Balaban J connectivity index is 1.99. The van der Waals surface area contributed by atoms with E-state index in [1.165, 1.54) is 0 Å². The Kier molecular flexibility index (Phi) is 4.10. The summed E-state index contributed by atoms with van der Waals surface area (Å²) in [4.78, 5) is 11.8. The molecule has 0 atom stereocenters. The molecule has 0 aliphatic heterocycles. The van der Waals surface area contributed by atoms with Gasteiger partial charge in [0.25, 0.3) is 0 Å². The number of oxazole rings is 1. The molecule has 0 bridgehead atoms. The molecule has 2 aromatic rings. The van der Waals surface area contributed by atoms with E-state index in [2.05, 4.69) is 13.8 Å². The minimum absolute atomic E-state index is 0.184. The summed E-state index contributed by atoms with van der Waals surface area (Å²) in [5.74, 6) is -0.265. The zero-order valence-electron chi connectivity index (χ0n) is 11.7. The summed E-state index contributed by atoms with van der Waals surface area (Å²) in [5.41, 5.74) is 7.44. The zero-order valence-corrected chi connectivity index (χ0v) is 11.7. The van der Waals surface area contributed by atoms with Gasteiger partial charge in [-0.05, 0) is 36.9 Å². The van der Waals surface area contributed by atoms with E-state index >= 15 is 0 Å². The molecule has 19 heavy (non-hydrogen) atoms. The van der Waals surface area contributed by atoms with Crippen molar-refractivity contribution in [3.63, 3.8) is 0 Å². The first kappa shape index (κ1) is 13.9. The van der Waals surface area contributed by atoms with E-state index in [9.17, 15) is 4.79 Å². The highest BCUT2D eigenvalue weighted by Crippen LogP contribution is 2.21. The van der Waals surface area contributed by atoms with Gasteiger partial charge < -0.3 is 10.2 Å².